The highest BCUT2D eigenvalue weighted by Gasteiger charge is 2.19. The standard InChI is InChI=1S/C31H26FN3O5/c1-18-17-35(22-9-7-21(32)8-10-22)31(37)28(19(18)2)25(36)15-20-5-11-23(12-6-20)40-26-13-14-33-24-16-27(38-3)30(39-4)34-29(24)26/h5-14,16-17H,15H2,1-4H3. The second-order valence-electron chi connectivity index (χ2n) is 9.19. The predicted octanol–water partition coefficient (Wildman–Crippen LogP) is 5.77. The van der Waals surface area contributed by atoms with Crippen LogP contribution in [-0.2, 0) is 6.42 Å². The Labute approximate surface area is 229 Å². The Morgan fingerprint density at radius 3 is 2.35 bits per heavy atom. The zero-order valence-electron chi connectivity index (χ0n) is 22.4. The summed E-state index contributed by atoms with van der Waals surface area (Å²) in [6.07, 6.45) is 3.30. The first-order valence-corrected chi connectivity index (χ1v) is 12.5. The quantitative estimate of drug-likeness (QED) is 0.231. The van der Waals surface area contributed by atoms with Crippen molar-refractivity contribution in [3.05, 3.63) is 111 Å². The summed E-state index contributed by atoms with van der Waals surface area (Å²) < 4.78 is 31.5. The van der Waals surface area contributed by atoms with Crippen molar-refractivity contribution in [2.45, 2.75) is 20.3 Å². The molecule has 0 N–H and O–H groups in total. The average molecular weight is 540 g/mol. The molecule has 0 bridgehead atoms. The fourth-order valence-electron chi connectivity index (χ4n) is 4.41. The molecule has 0 unspecified atom stereocenters. The number of carbonyl (C=O) groups is 1. The van der Waals surface area contributed by atoms with Crippen LogP contribution in [0, 0.1) is 19.7 Å². The number of fused-ring (bicyclic) bond motifs is 1. The molecule has 0 aliphatic heterocycles. The van der Waals surface area contributed by atoms with E-state index in [-0.39, 0.29) is 17.8 Å². The number of ether oxygens (including phenoxy) is 3. The molecular formula is C31H26FN3O5. The van der Waals surface area contributed by atoms with E-state index in [9.17, 15) is 14.0 Å². The molecule has 5 rings (SSSR count). The maximum absolute atomic E-state index is 13.4. The van der Waals surface area contributed by atoms with E-state index in [2.05, 4.69) is 9.97 Å². The highest BCUT2D eigenvalue weighted by atomic mass is 19.1. The van der Waals surface area contributed by atoms with Crippen LogP contribution in [0.4, 0.5) is 4.39 Å². The van der Waals surface area contributed by atoms with E-state index in [0.29, 0.717) is 45.4 Å². The Hall–Kier alpha value is -5.05. The van der Waals surface area contributed by atoms with Crippen molar-refractivity contribution in [2.75, 3.05) is 14.2 Å². The number of halogens is 1. The van der Waals surface area contributed by atoms with Gasteiger partial charge in [0.1, 0.15) is 17.1 Å². The Morgan fingerprint density at radius 1 is 0.950 bits per heavy atom. The van der Waals surface area contributed by atoms with Crippen molar-refractivity contribution in [1.29, 1.82) is 0 Å². The third kappa shape index (κ3) is 5.13. The molecule has 5 aromatic rings. The molecular weight excluding hydrogens is 513 g/mol. The van der Waals surface area contributed by atoms with Gasteiger partial charge < -0.3 is 14.2 Å². The maximum Gasteiger partial charge on any atom is 0.266 e. The average Bonchev–Trinajstić information content (AvgIpc) is 2.96. The molecule has 3 aromatic heterocycles. The molecule has 8 nitrogen and oxygen atoms in total. The summed E-state index contributed by atoms with van der Waals surface area (Å²) in [4.78, 5) is 35.5. The Balaban J connectivity index is 1.39. The number of carbonyl (C=O) groups excluding carboxylic acids is 1. The van der Waals surface area contributed by atoms with Crippen LogP contribution < -0.4 is 19.8 Å². The van der Waals surface area contributed by atoms with Crippen LogP contribution in [0.3, 0.4) is 0 Å². The van der Waals surface area contributed by atoms with Gasteiger partial charge in [0.25, 0.3) is 11.4 Å². The second kappa shape index (κ2) is 11.0. The number of ketones is 1. The van der Waals surface area contributed by atoms with E-state index in [0.717, 1.165) is 11.1 Å². The Morgan fingerprint density at radius 2 is 1.68 bits per heavy atom. The molecule has 0 aliphatic carbocycles. The summed E-state index contributed by atoms with van der Waals surface area (Å²) >= 11 is 0. The van der Waals surface area contributed by atoms with E-state index in [4.69, 9.17) is 14.2 Å². The molecule has 0 radical (unpaired) electrons. The van der Waals surface area contributed by atoms with Gasteiger partial charge in [-0.05, 0) is 66.9 Å². The molecule has 0 atom stereocenters. The van der Waals surface area contributed by atoms with Gasteiger partial charge >= 0.3 is 0 Å². The number of aromatic nitrogens is 3. The number of benzene rings is 2. The van der Waals surface area contributed by atoms with Crippen molar-refractivity contribution in [2.24, 2.45) is 0 Å². The van der Waals surface area contributed by atoms with Crippen molar-refractivity contribution in [1.82, 2.24) is 14.5 Å². The lowest BCUT2D eigenvalue weighted by Crippen LogP contribution is -2.28. The third-order valence-corrected chi connectivity index (χ3v) is 6.64. The van der Waals surface area contributed by atoms with Gasteiger partial charge in [0.05, 0.1) is 25.3 Å². The molecule has 40 heavy (non-hydrogen) atoms. The van der Waals surface area contributed by atoms with Crippen LogP contribution in [0.1, 0.15) is 27.0 Å². The van der Waals surface area contributed by atoms with E-state index < -0.39 is 11.4 Å². The molecule has 0 fully saturated rings. The van der Waals surface area contributed by atoms with E-state index in [1.807, 2.05) is 6.92 Å². The summed E-state index contributed by atoms with van der Waals surface area (Å²) in [5, 5.41) is 0. The second-order valence-corrected chi connectivity index (χ2v) is 9.19. The molecule has 0 saturated heterocycles. The summed E-state index contributed by atoms with van der Waals surface area (Å²) in [7, 11) is 3.03. The number of methoxy groups -OCH3 is 2. The van der Waals surface area contributed by atoms with Gasteiger partial charge in [0.2, 0.25) is 0 Å². The fourth-order valence-corrected chi connectivity index (χ4v) is 4.41. The number of hydrogen-bond donors (Lipinski definition) is 0. The first kappa shape index (κ1) is 26.6. The number of nitrogens with zero attached hydrogens (tertiary/aromatic N) is 3. The van der Waals surface area contributed by atoms with Crippen molar-refractivity contribution >= 4 is 16.8 Å². The highest BCUT2D eigenvalue weighted by molar-refractivity contribution is 5.98. The van der Waals surface area contributed by atoms with E-state index >= 15 is 0 Å². The first-order chi connectivity index (χ1) is 19.3. The van der Waals surface area contributed by atoms with Crippen LogP contribution in [-0.4, -0.2) is 34.5 Å². The number of hydrogen-bond acceptors (Lipinski definition) is 7. The molecule has 9 heteroatoms. The summed E-state index contributed by atoms with van der Waals surface area (Å²) in [5.41, 5.74) is 3.37. The molecule has 0 amide bonds. The maximum atomic E-state index is 13.4. The molecule has 3 heterocycles. The lowest BCUT2D eigenvalue weighted by molar-refractivity contribution is 0.0990. The van der Waals surface area contributed by atoms with Crippen LogP contribution in [0.5, 0.6) is 23.1 Å². The Kier molecular flexibility index (Phi) is 7.29. The van der Waals surface area contributed by atoms with Crippen LogP contribution in [0.25, 0.3) is 16.7 Å². The molecule has 0 aliphatic rings. The number of pyridine rings is 3. The lowest BCUT2D eigenvalue weighted by Gasteiger charge is -2.14. The van der Waals surface area contributed by atoms with Gasteiger partial charge in [0.15, 0.2) is 17.3 Å². The van der Waals surface area contributed by atoms with E-state index in [1.54, 1.807) is 55.7 Å². The smallest absolute Gasteiger partial charge is 0.266 e. The topological polar surface area (TPSA) is 92.5 Å². The number of Topliss-reactive ketones (excluding diaryl/α,β-unsaturated/α-hetero) is 1. The highest BCUT2D eigenvalue weighted by Crippen LogP contribution is 2.34. The lowest BCUT2D eigenvalue weighted by atomic mass is 9.98. The van der Waals surface area contributed by atoms with Crippen molar-refractivity contribution in [3.8, 4) is 28.8 Å². The normalized spacial score (nSPS) is 10.9. The SMILES string of the molecule is COc1cc2nccc(Oc3ccc(CC(=O)c4c(C)c(C)cn(-c5ccc(F)cc5)c4=O)cc3)c2nc1OC. The zero-order chi connectivity index (χ0) is 28.4. The molecule has 2 aromatic carbocycles. The minimum Gasteiger partial charge on any atom is -0.491 e. The number of rotatable bonds is 8. The van der Waals surface area contributed by atoms with Crippen LogP contribution >= 0.6 is 0 Å². The first-order valence-electron chi connectivity index (χ1n) is 12.5. The van der Waals surface area contributed by atoms with Gasteiger partial charge in [-0.2, -0.15) is 0 Å². The third-order valence-electron chi connectivity index (χ3n) is 6.64. The summed E-state index contributed by atoms with van der Waals surface area (Å²) in [6.45, 7) is 3.59. The van der Waals surface area contributed by atoms with Gasteiger partial charge in [-0.15, -0.1) is 0 Å². The summed E-state index contributed by atoms with van der Waals surface area (Å²) in [6, 6.07) is 16.0. The van der Waals surface area contributed by atoms with Crippen molar-refractivity contribution < 1.29 is 23.4 Å². The van der Waals surface area contributed by atoms with Gasteiger partial charge in [-0.25, -0.2) is 9.37 Å². The Bertz CT molecular complexity index is 1780. The minimum atomic E-state index is -0.441. The predicted molar refractivity (Wildman–Crippen MR) is 149 cm³/mol. The van der Waals surface area contributed by atoms with Gasteiger partial charge in [-0.1, -0.05) is 12.1 Å². The van der Waals surface area contributed by atoms with Crippen LogP contribution in [0.2, 0.25) is 0 Å². The molecule has 0 saturated carbocycles. The zero-order valence-corrected chi connectivity index (χ0v) is 22.4. The molecule has 202 valence electrons. The fraction of sp³-hybridized carbons (Fsp3) is 0.161. The van der Waals surface area contributed by atoms with Crippen LogP contribution in [0.15, 0.2) is 77.9 Å². The van der Waals surface area contributed by atoms with Gasteiger partial charge in [-0.3, -0.25) is 19.1 Å². The van der Waals surface area contributed by atoms with Gasteiger partial charge in [0, 0.05) is 36.6 Å². The largest absolute Gasteiger partial charge is 0.491 e. The minimum absolute atomic E-state index is 0.0277. The monoisotopic (exact) mass is 539 g/mol. The van der Waals surface area contributed by atoms with E-state index in [1.165, 1.54) is 43.1 Å². The van der Waals surface area contributed by atoms with Crippen molar-refractivity contribution in [3.63, 3.8) is 0 Å². The summed E-state index contributed by atoms with van der Waals surface area (Å²) in [5.74, 6) is 1.07. The number of aryl methyl sites for hydroxylation is 1. The molecule has 0 spiro atoms.